The zero-order valence-corrected chi connectivity index (χ0v) is 20.4. The molecule has 0 spiro atoms. The molecule has 1 heterocycles. The molecule has 5 nitrogen and oxygen atoms in total. The van der Waals surface area contributed by atoms with Crippen LogP contribution in [0, 0.1) is 13.8 Å². The zero-order chi connectivity index (χ0) is 24.8. The van der Waals surface area contributed by atoms with E-state index in [0.717, 1.165) is 52.5 Å². The normalized spacial score (nSPS) is 10.8. The molecule has 1 N–H and O–H groups in total. The molecular weight excluding hydrogens is 436 g/mol. The first kappa shape index (κ1) is 24.1. The Morgan fingerprint density at radius 1 is 0.914 bits per heavy atom. The summed E-state index contributed by atoms with van der Waals surface area (Å²) < 4.78 is 5.31. The quantitative estimate of drug-likeness (QED) is 0.222. The molecule has 1 aromatic heterocycles. The molecule has 178 valence electrons. The van der Waals surface area contributed by atoms with Gasteiger partial charge in [0.05, 0.1) is 28.9 Å². The number of pyridine rings is 1. The molecule has 0 radical (unpaired) electrons. The first-order chi connectivity index (χ1) is 17.0. The van der Waals surface area contributed by atoms with E-state index in [1.807, 2.05) is 56.3 Å². The van der Waals surface area contributed by atoms with Crippen molar-refractivity contribution in [1.82, 2.24) is 4.98 Å². The third-order valence-electron chi connectivity index (χ3n) is 5.92. The van der Waals surface area contributed by atoms with Crippen LogP contribution >= 0.6 is 0 Å². The lowest BCUT2D eigenvalue weighted by Crippen LogP contribution is -2.14. The van der Waals surface area contributed by atoms with Crippen molar-refractivity contribution in [3.63, 3.8) is 0 Å². The number of unbranched alkanes of at least 4 members (excludes halogenated alkanes) is 2. The number of nitrogens with zero attached hydrogens (tertiary/aromatic N) is 1. The molecular formula is C30H30N2O3. The van der Waals surface area contributed by atoms with Gasteiger partial charge in [0.25, 0.3) is 5.91 Å². The molecule has 35 heavy (non-hydrogen) atoms. The largest absolute Gasteiger partial charge is 0.462 e. The maximum atomic E-state index is 13.4. The number of nitrogens with one attached hydrogen (secondary N) is 1. The molecule has 0 saturated carbocycles. The summed E-state index contributed by atoms with van der Waals surface area (Å²) in [5, 5.41) is 3.79. The second kappa shape index (κ2) is 11.0. The molecule has 3 aromatic carbocycles. The topological polar surface area (TPSA) is 68.3 Å². The lowest BCUT2D eigenvalue weighted by atomic mass is 9.99. The Morgan fingerprint density at radius 2 is 1.66 bits per heavy atom. The van der Waals surface area contributed by atoms with Crippen LogP contribution in [-0.4, -0.2) is 23.5 Å². The number of carbonyl (C=O) groups is 2. The van der Waals surface area contributed by atoms with E-state index in [2.05, 4.69) is 18.3 Å². The van der Waals surface area contributed by atoms with Gasteiger partial charge in [-0.1, -0.05) is 61.7 Å². The van der Waals surface area contributed by atoms with Gasteiger partial charge < -0.3 is 10.1 Å². The number of hydrogen-bond donors (Lipinski definition) is 1. The van der Waals surface area contributed by atoms with Gasteiger partial charge in [0.2, 0.25) is 0 Å². The van der Waals surface area contributed by atoms with Crippen LogP contribution in [0.1, 0.15) is 58.0 Å². The van der Waals surface area contributed by atoms with E-state index in [4.69, 9.17) is 9.72 Å². The second-order valence-electron chi connectivity index (χ2n) is 8.77. The molecule has 0 bridgehead atoms. The number of benzene rings is 3. The number of fused-ring (bicyclic) bond motifs is 1. The number of rotatable bonds is 8. The minimum absolute atomic E-state index is 0.227. The highest BCUT2D eigenvalue weighted by atomic mass is 16.5. The monoisotopic (exact) mass is 466 g/mol. The standard InChI is InChI=1S/C30H30N2O3/c1-4-5-9-16-35-30(34)23-12-14-24(15-13-23)31-29(33)26-19-27(22-10-7-6-8-11-22)32-28-21(3)17-20(2)18-25(26)28/h6-8,10-15,17-19H,4-5,9,16H2,1-3H3,(H,31,33). The van der Waals surface area contributed by atoms with Gasteiger partial charge in [0.15, 0.2) is 0 Å². The highest BCUT2D eigenvalue weighted by molar-refractivity contribution is 6.13. The van der Waals surface area contributed by atoms with Crippen molar-refractivity contribution < 1.29 is 14.3 Å². The Hall–Kier alpha value is -3.99. The third kappa shape index (κ3) is 5.75. The van der Waals surface area contributed by atoms with Gasteiger partial charge in [-0.05, 0) is 62.2 Å². The summed E-state index contributed by atoms with van der Waals surface area (Å²) >= 11 is 0. The fourth-order valence-corrected chi connectivity index (χ4v) is 4.11. The van der Waals surface area contributed by atoms with Gasteiger partial charge >= 0.3 is 5.97 Å². The zero-order valence-electron chi connectivity index (χ0n) is 20.4. The van der Waals surface area contributed by atoms with Gasteiger partial charge in [-0.2, -0.15) is 0 Å². The van der Waals surface area contributed by atoms with Gasteiger partial charge in [-0.15, -0.1) is 0 Å². The lowest BCUT2D eigenvalue weighted by Gasteiger charge is -2.13. The number of ether oxygens (including phenoxy) is 1. The van der Waals surface area contributed by atoms with Crippen LogP contribution in [0.25, 0.3) is 22.2 Å². The summed E-state index contributed by atoms with van der Waals surface area (Å²) in [6.45, 7) is 6.55. The number of carbonyl (C=O) groups excluding carboxylic acids is 2. The number of esters is 1. The molecule has 0 saturated heterocycles. The Morgan fingerprint density at radius 3 is 2.37 bits per heavy atom. The van der Waals surface area contributed by atoms with Gasteiger partial charge in [0.1, 0.15) is 0 Å². The van der Waals surface area contributed by atoms with E-state index in [1.54, 1.807) is 24.3 Å². The van der Waals surface area contributed by atoms with E-state index in [9.17, 15) is 9.59 Å². The van der Waals surface area contributed by atoms with Crippen LogP contribution in [0.5, 0.6) is 0 Å². The van der Waals surface area contributed by atoms with Crippen LogP contribution in [-0.2, 0) is 4.74 Å². The fourth-order valence-electron chi connectivity index (χ4n) is 4.11. The summed E-state index contributed by atoms with van der Waals surface area (Å²) in [6, 6.07) is 22.5. The molecule has 4 aromatic rings. The number of anilines is 1. The minimum Gasteiger partial charge on any atom is -0.462 e. The predicted octanol–water partition coefficient (Wildman–Crippen LogP) is 7.12. The summed E-state index contributed by atoms with van der Waals surface area (Å²) in [5.41, 5.74) is 6.22. The Balaban J connectivity index is 1.60. The highest BCUT2D eigenvalue weighted by Gasteiger charge is 2.16. The van der Waals surface area contributed by atoms with Crippen molar-refractivity contribution in [2.45, 2.75) is 40.0 Å². The molecule has 0 aliphatic heterocycles. The predicted molar refractivity (Wildman–Crippen MR) is 141 cm³/mol. The molecule has 0 atom stereocenters. The molecule has 0 aliphatic rings. The summed E-state index contributed by atoms with van der Waals surface area (Å²) in [6.07, 6.45) is 2.97. The molecule has 0 fully saturated rings. The summed E-state index contributed by atoms with van der Waals surface area (Å²) in [7, 11) is 0. The maximum absolute atomic E-state index is 13.4. The van der Waals surface area contributed by atoms with Crippen LogP contribution in [0.3, 0.4) is 0 Å². The Labute approximate surface area is 206 Å². The number of aryl methyl sites for hydroxylation is 2. The number of aromatic nitrogens is 1. The van der Waals surface area contributed by atoms with E-state index in [-0.39, 0.29) is 11.9 Å². The molecule has 4 rings (SSSR count). The van der Waals surface area contributed by atoms with Crippen LogP contribution in [0.15, 0.2) is 72.8 Å². The summed E-state index contributed by atoms with van der Waals surface area (Å²) in [5.74, 6) is -0.577. The van der Waals surface area contributed by atoms with E-state index >= 15 is 0 Å². The first-order valence-electron chi connectivity index (χ1n) is 12.0. The van der Waals surface area contributed by atoms with Gasteiger partial charge in [-0.25, -0.2) is 9.78 Å². The van der Waals surface area contributed by atoms with E-state index in [0.29, 0.717) is 23.4 Å². The van der Waals surface area contributed by atoms with E-state index in [1.165, 1.54) is 0 Å². The fraction of sp³-hybridized carbons (Fsp3) is 0.233. The number of amides is 1. The van der Waals surface area contributed by atoms with Crippen molar-refractivity contribution in [3.05, 3.63) is 95.1 Å². The molecule has 1 amide bonds. The SMILES string of the molecule is CCCCCOC(=O)c1ccc(NC(=O)c2cc(-c3ccccc3)nc3c(C)cc(C)cc23)cc1. The lowest BCUT2D eigenvalue weighted by molar-refractivity contribution is 0.0498. The molecule has 5 heteroatoms. The maximum Gasteiger partial charge on any atom is 0.338 e. The third-order valence-corrected chi connectivity index (χ3v) is 5.92. The van der Waals surface area contributed by atoms with Crippen molar-refractivity contribution in [2.75, 3.05) is 11.9 Å². The van der Waals surface area contributed by atoms with Crippen molar-refractivity contribution in [3.8, 4) is 11.3 Å². The van der Waals surface area contributed by atoms with Crippen LogP contribution < -0.4 is 5.32 Å². The smallest absolute Gasteiger partial charge is 0.338 e. The van der Waals surface area contributed by atoms with Gasteiger partial charge in [-0.3, -0.25) is 4.79 Å². The summed E-state index contributed by atoms with van der Waals surface area (Å²) in [4.78, 5) is 30.5. The van der Waals surface area contributed by atoms with Crippen LogP contribution in [0.2, 0.25) is 0 Å². The highest BCUT2D eigenvalue weighted by Crippen LogP contribution is 2.28. The average Bonchev–Trinajstić information content (AvgIpc) is 2.87. The van der Waals surface area contributed by atoms with Crippen molar-refractivity contribution in [2.24, 2.45) is 0 Å². The Bertz CT molecular complexity index is 1350. The molecule has 0 unspecified atom stereocenters. The van der Waals surface area contributed by atoms with E-state index < -0.39 is 0 Å². The average molecular weight is 467 g/mol. The number of hydrogen-bond acceptors (Lipinski definition) is 4. The molecule has 0 aliphatic carbocycles. The van der Waals surface area contributed by atoms with Crippen LogP contribution in [0.4, 0.5) is 5.69 Å². The van der Waals surface area contributed by atoms with Crippen molar-refractivity contribution in [1.29, 1.82) is 0 Å². The second-order valence-corrected chi connectivity index (χ2v) is 8.77. The van der Waals surface area contributed by atoms with Gasteiger partial charge in [0, 0.05) is 16.6 Å². The van der Waals surface area contributed by atoms with Crippen molar-refractivity contribution >= 4 is 28.5 Å². The minimum atomic E-state index is -0.349. The Kier molecular flexibility index (Phi) is 7.56. The first-order valence-corrected chi connectivity index (χ1v) is 12.0.